The van der Waals surface area contributed by atoms with Crippen molar-refractivity contribution >= 4 is 39.3 Å². The van der Waals surface area contributed by atoms with Crippen molar-refractivity contribution in [2.24, 2.45) is 17.8 Å². The number of phenolic OH excluding ortho intramolecular Hbond substituents is 1. The largest absolute Gasteiger partial charge is 0.507 e. The Hall–Kier alpha value is -2.80. The van der Waals surface area contributed by atoms with Crippen molar-refractivity contribution in [3.05, 3.63) is 62.7 Å². The third-order valence-corrected chi connectivity index (χ3v) is 7.34. The highest BCUT2D eigenvalue weighted by Crippen LogP contribution is 2.55. The molecule has 7 heteroatoms. The van der Waals surface area contributed by atoms with Gasteiger partial charge >= 0.3 is 0 Å². The highest BCUT2D eigenvalue weighted by molar-refractivity contribution is 9.12. The van der Waals surface area contributed by atoms with Gasteiger partial charge in [0.15, 0.2) is 11.6 Å². The van der Waals surface area contributed by atoms with Crippen LogP contribution >= 0.6 is 15.9 Å². The summed E-state index contributed by atoms with van der Waals surface area (Å²) in [5.41, 5.74) is 2.73. The number of allylic oxidation sites excluding steroid dienone is 6. The lowest BCUT2D eigenvalue weighted by atomic mass is 9.59. The smallest absolute Gasteiger partial charge is 0.231 e. The molecule has 1 aromatic rings. The molecule has 30 heavy (non-hydrogen) atoms. The van der Waals surface area contributed by atoms with Crippen LogP contribution in [0.5, 0.6) is 5.75 Å². The molecule has 0 saturated carbocycles. The number of hydrogen-bond acceptors (Lipinski definition) is 5. The summed E-state index contributed by atoms with van der Waals surface area (Å²) >= 11 is 3.18. The van der Waals surface area contributed by atoms with Crippen molar-refractivity contribution in [2.75, 3.05) is 0 Å². The lowest BCUT2D eigenvalue weighted by molar-refractivity contribution is -0.126. The van der Waals surface area contributed by atoms with Gasteiger partial charge in [0, 0.05) is 28.7 Å². The van der Waals surface area contributed by atoms with Crippen LogP contribution < -0.4 is 5.32 Å². The molecular weight excluding hydrogens is 450 g/mol. The Morgan fingerprint density at radius 2 is 1.87 bits per heavy atom. The Morgan fingerprint density at radius 1 is 1.10 bits per heavy atom. The number of Topliss-reactive ketones (excluding diaryl/α,β-unsaturated/α-hetero) is 1. The highest BCUT2D eigenvalue weighted by atomic mass is 79.9. The molecule has 4 aliphatic rings. The van der Waals surface area contributed by atoms with Gasteiger partial charge < -0.3 is 5.11 Å². The number of nitrogens with one attached hydrogen (secondary N) is 1. The van der Waals surface area contributed by atoms with Gasteiger partial charge in [0.2, 0.25) is 11.8 Å². The van der Waals surface area contributed by atoms with Crippen molar-refractivity contribution in [3.8, 4) is 5.75 Å². The van der Waals surface area contributed by atoms with Crippen LogP contribution in [0.2, 0.25) is 0 Å². The molecular formula is C23H18BrNO5. The van der Waals surface area contributed by atoms with E-state index in [2.05, 4.69) is 21.2 Å². The minimum Gasteiger partial charge on any atom is -0.507 e. The van der Waals surface area contributed by atoms with Crippen molar-refractivity contribution in [3.63, 3.8) is 0 Å². The summed E-state index contributed by atoms with van der Waals surface area (Å²) in [4.78, 5) is 50.9. The number of benzene rings is 1. The molecule has 1 heterocycles. The zero-order valence-electron chi connectivity index (χ0n) is 16.1. The van der Waals surface area contributed by atoms with Gasteiger partial charge in [0.05, 0.1) is 16.3 Å². The van der Waals surface area contributed by atoms with Gasteiger partial charge in [0.25, 0.3) is 0 Å². The van der Waals surface area contributed by atoms with Gasteiger partial charge in [-0.25, -0.2) is 0 Å². The number of halogens is 1. The first-order chi connectivity index (χ1) is 14.3. The minimum atomic E-state index is -0.628. The summed E-state index contributed by atoms with van der Waals surface area (Å²) < 4.78 is 0.185. The molecule has 0 bridgehead atoms. The van der Waals surface area contributed by atoms with E-state index in [1.54, 1.807) is 25.1 Å². The first-order valence-electron chi connectivity index (χ1n) is 9.82. The number of imide groups is 1. The van der Waals surface area contributed by atoms with Crippen LogP contribution in [-0.4, -0.2) is 28.5 Å². The van der Waals surface area contributed by atoms with Crippen molar-refractivity contribution in [1.82, 2.24) is 5.32 Å². The number of aryl methyl sites for hydroxylation is 1. The Morgan fingerprint density at radius 3 is 2.63 bits per heavy atom. The Kier molecular flexibility index (Phi) is 4.22. The van der Waals surface area contributed by atoms with E-state index in [1.807, 2.05) is 6.08 Å². The predicted octanol–water partition coefficient (Wildman–Crippen LogP) is 2.75. The van der Waals surface area contributed by atoms with Crippen molar-refractivity contribution in [1.29, 1.82) is 0 Å². The number of aromatic hydroxyl groups is 1. The SMILES string of the molecule is Cc1cccc([C@H]2C3=CC[C@@H]4C(=O)NC(=O)[C@@H]4[C@@H]3CC3=C2C(=O)C=C(Br)C3=O)c1O. The molecule has 6 nitrogen and oxygen atoms in total. The molecule has 1 aromatic carbocycles. The fourth-order valence-electron chi connectivity index (χ4n) is 5.39. The molecule has 152 valence electrons. The molecule has 0 radical (unpaired) electrons. The van der Waals surface area contributed by atoms with Gasteiger partial charge in [-0.1, -0.05) is 29.8 Å². The minimum absolute atomic E-state index is 0.0684. The average Bonchev–Trinajstić information content (AvgIpc) is 3.01. The van der Waals surface area contributed by atoms with Gasteiger partial charge in [0.1, 0.15) is 5.75 Å². The predicted molar refractivity (Wildman–Crippen MR) is 111 cm³/mol. The summed E-state index contributed by atoms with van der Waals surface area (Å²) in [6.45, 7) is 1.77. The van der Waals surface area contributed by atoms with Gasteiger partial charge in [-0.15, -0.1) is 0 Å². The third kappa shape index (κ3) is 2.54. The zero-order valence-corrected chi connectivity index (χ0v) is 17.7. The summed E-state index contributed by atoms with van der Waals surface area (Å²) in [7, 11) is 0. The first-order valence-corrected chi connectivity index (χ1v) is 10.6. The van der Waals surface area contributed by atoms with Crippen molar-refractivity contribution in [2.45, 2.75) is 25.7 Å². The van der Waals surface area contributed by atoms with Gasteiger partial charge in [-0.2, -0.15) is 0 Å². The van der Waals surface area contributed by atoms with E-state index in [1.165, 1.54) is 6.08 Å². The van der Waals surface area contributed by atoms with Crippen LogP contribution in [0.25, 0.3) is 0 Å². The Balaban J connectivity index is 1.75. The number of para-hydroxylation sites is 1. The molecule has 3 aliphatic carbocycles. The molecule has 1 saturated heterocycles. The number of fused-ring (bicyclic) bond motifs is 3. The zero-order chi connectivity index (χ0) is 21.3. The Labute approximate surface area is 180 Å². The summed E-state index contributed by atoms with van der Waals surface area (Å²) in [5.74, 6) is -3.17. The second-order valence-corrected chi connectivity index (χ2v) is 9.11. The van der Waals surface area contributed by atoms with E-state index in [4.69, 9.17) is 0 Å². The number of carbonyl (C=O) groups excluding carboxylic acids is 4. The van der Waals surface area contributed by atoms with Gasteiger partial charge in [-0.3, -0.25) is 24.5 Å². The topological polar surface area (TPSA) is 101 Å². The molecule has 2 amide bonds. The monoisotopic (exact) mass is 467 g/mol. The fourth-order valence-corrected chi connectivity index (χ4v) is 5.83. The maximum atomic E-state index is 13.0. The molecule has 1 aliphatic heterocycles. The molecule has 0 aromatic heterocycles. The van der Waals surface area contributed by atoms with E-state index in [0.29, 0.717) is 28.7 Å². The van der Waals surface area contributed by atoms with Gasteiger partial charge in [-0.05, 0) is 47.2 Å². The standard InChI is InChI=1S/C23H18BrNO5/c1-9-3-2-4-11(20(9)27)17-10-5-6-12-18(23(30)25-22(12)29)13(10)7-14-19(17)16(26)8-15(24)21(14)28/h2-5,8,12-13,17-18,27H,6-7H2,1H3,(H,25,29,30)/t12-,13+,17+,18-/m0/s1. The number of carbonyl (C=O) groups is 4. The number of phenols is 1. The number of hydrogen-bond donors (Lipinski definition) is 2. The Bertz CT molecular complexity index is 1160. The van der Waals surface area contributed by atoms with Crippen LogP contribution in [0.3, 0.4) is 0 Å². The molecule has 5 rings (SSSR count). The van der Waals surface area contributed by atoms with E-state index in [-0.39, 0.29) is 46.0 Å². The fraction of sp³-hybridized carbons (Fsp3) is 0.304. The summed E-state index contributed by atoms with van der Waals surface area (Å²) in [5, 5.41) is 13.2. The number of rotatable bonds is 1. The first kappa shape index (κ1) is 19.2. The molecule has 2 N–H and O–H groups in total. The van der Waals surface area contributed by atoms with Crippen LogP contribution in [-0.2, 0) is 19.2 Å². The lowest BCUT2D eigenvalue weighted by Crippen LogP contribution is -2.39. The second kappa shape index (κ2) is 6.60. The average molecular weight is 468 g/mol. The summed E-state index contributed by atoms with van der Waals surface area (Å²) in [6.07, 6.45) is 3.81. The van der Waals surface area contributed by atoms with Crippen molar-refractivity contribution < 1.29 is 24.3 Å². The third-order valence-electron chi connectivity index (χ3n) is 6.75. The van der Waals surface area contributed by atoms with Crippen LogP contribution in [0.4, 0.5) is 0 Å². The lowest BCUT2D eigenvalue weighted by Gasteiger charge is -2.42. The summed E-state index contributed by atoms with van der Waals surface area (Å²) in [6, 6.07) is 5.32. The van der Waals surface area contributed by atoms with Crippen LogP contribution in [0, 0.1) is 24.7 Å². The molecule has 4 atom stereocenters. The maximum Gasteiger partial charge on any atom is 0.231 e. The van der Waals surface area contributed by atoms with E-state index >= 15 is 0 Å². The molecule has 0 spiro atoms. The molecule has 1 fully saturated rings. The second-order valence-electron chi connectivity index (χ2n) is 8.26. The quantitative estimate of drug-likeness (QED) is 0.375. The maximum absolute atomic E-state index is 13.0. The number of amides is 2. The normalized spacial score (nSPS) is 30.3. The van der Waals surface area contributed by atoms with Crippen LogP contribution in [0.15, 0.2) is 51.6 Å². The number of ketones is 2. The van der Waals surface area contributed by atoms with E-state index in [0.717, 1.165) is 5.57 Å². The van der Waals surface area contributed by atoms with E-state index < -0.39 is 17.8 Å². The highest BCUT2D eigenvalue weighted by Gasteiger charge is 2.53. The molecule has 0 unspecified atom stereocenters. The van der Waals surface area contributed by atoms with E-state index in [9.17, 15) is 24.3 Å². The van der Waals surface area contributed by atoms with Crippen LogP contribution in [0.1, 0.15) is 29.9 Å².